The van der Waals surface area contributed by atoms with Crippen LogP contribution in [0.25, 0.3) is 0 Å². The van der Waals surface area contributed by atoms with Gasteiger partial charge in [-0.1, -0.05) is 220 Å². The van der Waals surface area contributed by atoms with Crippen LogP contribution in [0.15, 0.2) is 206 Å². The fourth-order valence-electron chi connectivity index (χ4n) is 6.03. The third-order valence-electron chi connectivity index (χ3n) is 8.71. The van der Waals surface area contributed by atoms with Crippen LogP contribution in [0.4, 0.5) is 13.2 Å². The number of benzene rings is 6. The van der Waals surface area contributed by atoms with E-state index in [1.54, 1.807) is 0 Å². The van der Waals surface area contributed by atoms with Gasteiger partial charge in [-0.2, -0.15) is 13.2 Å². The van der Waals surface area contributed by atoms with Gasteiger partial charge in [-0.15, -0.1) is 0 Å². The fraction of sp³-hybridized carbons (Fsp3) is 0.0816. The molecule has 0 atom stereocenters. The number of fused-ring (bicyclic) bond motifs is 1. The quantitative estimate of drug-likeness (QED) is 0.0695. The molecule has 0 saturated heterocycles. The van der Waals surface area contributed by atoms with E-state index in [1.807, 2.05) is 0 Å². The molecule has 303 valence electrons. The van der Waals surface area contributed by atoms with Gasteiger partial charge in [0.2, 0.25) is 0 Å². The van der Waals surface area contributed by atoms with Gasteiger partial charge < -0.3 is 4.55 Å². The maximum Gasteiger partial charge on any atom is 2.00 e. The van der Waals surface area contributed by atoms with Gasteiger partial charge in [0.05, 0.1) is 0 Å². The minimum Gasteiger partial charge on any atom is -0.741 e. The molecule has 6 aromatic carbocycles. The van der Waals surface area contributed by atoms with Crippen LogP contribution < -0.4 is 31.8 Å². The molecule has 10 heteroatoms. The van der Waals surface area contributed by atoms with Crippen LogP contribution in [-0.4, -0.2) is 18.5 Å². The zero-order valence-corrected chi connectivity index (χ0v) is 35.9. The van der Waals surface area contributed by atoms with E-state index in [0.29, 0.717) is 5.92 Å². The summed E-state index contributed by atoms with van der Waals surface area (Å²) in [6.07, 6.45) is 13.0. The Kier molecular flexibility index (Phi) is 19.0. The summed E-state index contributed by atoms with van der Waals surface area (Å²) in [4.78, 5) is 0. The summed E-state index contributed by atoms with van der Waals surface area (Å²) in [7, 11) is -6.98. The van der Waals surface area contributed by atoms with Crippen molar-refractivity contribution in [3.8, 4) is 0 Å². The second kappa shape index (κ2) is 23.6. The molecule has 1 fully saturated rings. The Morgan fingerprint density at radius 3 is 0.966 bits per heavy atom. The molecule has 2 aliphatic carbocycles. The van der Waals surface area contributed by atoms with Crippen LogP contribution in [0.5, 0.6) is 0 Å². The molecule has 5 radical (unpaired) electrons. The molecule has 0 spiro atoms. The average molecular weight is 890 g/mol. The zero-order chi connectivity index (χ0) is 41.4. The summed E-state index contributed by atoms with van der Waals surface area (Å²) in [6, 6.07) is 64.7. The first kappa shape index (κ1) is 47.5. The summed E-state index contributed by atoms with van der Waals surface area (Å²) in [5.41, 5.74) is -5.65. The first-order chi connectivity index (χ1) is 27.9. The van der Waals surface area contributed by atoms with Crippen molar-refractivity contribution in [2.45, 2.75) is 19.4 Å². The van der Waals surface area contributed by atoms with Crippen molar-refractivity contribution < 1.29 is 42.6 Å². The molecular weight excluding hydrogens is 846 g/mol. The molecule has 0 bridgehead atoms. The second-order valence-electron chi connectivity index (χ2n) is 13.1. The summed E-state index contributed by atoms with van der Waals surface area (Å²) in [6.45, 7) is 4.48. The SMILES string of the molecule is CC(C)[C]1[CH][CH][C]2C=CC=C[C]21.O=S(=O)([O-])C(F)(F)F.[Ni+2].c1ccc(P(c2ccccc2)c2ccccc2)cc1.c1ccc(P(c2ccccc2)c2ccccc2)cc1. The van der Waals surface area contributed by atoms with E-state index in [0.717, 1.165) is 0 Å². The van der Waals surface area contributed by atoms with Crippen molar-refractivity contribution in [1.82, 2.24) is 0 Å². The van der Waals surface area contributed by atoms with Gasteiger partial charge in [0, 0.05) is 11.8 Å². The van der Waals surface area contributed by atoms with Crippen molar-refractivity contribution in [1.29, 1.82) is 0 Å². The van der Waals surface area contributed by atoms with Gasteiger partial charge in [0.15, 0.2) is 10.1 Å². The molecule has 1 saturated carbocycles. The van der Waals surface area contributed by atoms with Crippen molar-refractivity contribution >= 4 is 57.8 Å². The predicted octanol–water partition coefficient (Wildman–Crippen LogP) is 9.85. The van der Waals surface area contributed by atoms with E-state index in [9.17, 15) is 13.2 Å². The van der Waals surface area contributed by atoms with E-state index in [4.69, 9.17) is 13.0 Å². The molecule has 6 aromatic rings. The van der Waals surface area contributed by atoms with Crippen LogP contribution in [0.2, 0.25) is 0 Å². The van der Waals surface area contributed by atoms with E-state index in [-0.39, 0.29) is 16.5 Å². The van der Waals surface area contributed by atoms with E-state index < -0.39 is 31.5 Å². The van der Waals surface area contributed by atoms with Crippen LogP contribution in [0.1, 0.15) is 13.8 Å². The molecule has 0 amide bonds. The van der Waals surface area contributed by atoms with Crippen LogP contribution >= 0.6 is 15.8 Å². The van der Waals surface area contributed by atoms with Crippen molar-refractivity contribution in [3.63, 3.8) is 0 Å². The number of halogens is 3. The Balaban J connectivity index is 0.000000182. The Morgan fingerprint density at radius 1 is 0.475 bits per heavy atom. The average Bonchev–Trinajstić information content (AvgIpc) is 3.69. The normalized spacial score (nSPS) is 13.9. The van der Waals surface area contributed by atoms with Crippen molar-refractivity contribution in [3.05, 3.63) is 237 Å². The summed E-state index contributed by atoms with van der Waals surface area (Å²) >= 11 is 0. The molecule has 59 heavy (non-hydrogen) atoms. The second-order valence-corrected chi connectivity index (χ2v) is 18.9. The van der Waals surface area contributed by atoms with Crippen molar-refractivity contribution in [2.75, 3.05) is 0 Å². The first-order valence-corrected chi connectivity index (χ1v) is 22.6. The third-order valence-corrected chi connectivity index (χ3v) is 14.2. The van der Waals surface area contributed by atoms with Gasteiger partial charge in [0.1, 0.15) is 0 Å². The van der Waals surface area contributed by atoms with Crippen molar-refractivity contribution in [2.24, 2.45) is 5.92 Å². The molecule has 2 aliphatic rings. The molecule has 0 aliphatic heterocycles. The molecule has 0 N–H and O–H groups in total. The van der Waals surface area contributed by atoms with Gasteiger partial charge in [-0.25, -0.2) is 8.42 Å². The molecule has 3 nitrogen and oxygen atoms in total. The standard InChI is InChI=1S/2C18H15P.C12H13.CHF3O3S.Ni/c2*1-4-10-16(11-5-1)19(17-12-6-2-7-13-17)18-14-8-3-9-15-18;1-9(2)11-8-7-10-5-3-4-6-12(10)11;2-1(3,4)8(5,6)7;/h2*1-15H;3-9H,1-2H3;(H,5,6,7);/q;;;;+2/p-1. The number of allylic oxidation sites excluding steroid dienone is 4. The predicted molar refractivity (Wildman–Crippen MR) is 237 cm³/mol. The molecule has 0 aromatic heterocycles. The van der Waals surface area contributed by atoms with E-state index >= 15 is 0 Å². The van der Waals surface area contributed by atoms with Gasteiger partial charge in [0.25, 0.3) is 0 Å². The Labute approximate surface area is 360 Å². The van der Waals surface area contributed by atoms with Gasteiger partial charge in [-0.3, -0.25) is 0 Å². The summed E-state index contributed by atoms with van der Waals surface area (Å²) in [5.74, 6) is 4.86. The Hall–Kier alpha value is -4.15. The maximum absolute atomic E-state index is 10.7. The maximum atomic E-state index is 10.7. The Morgan fingerprint density at radius 2 is 0.729 bits per heavy atom. The van der Waals surface area contributed by atoms with E-state index in [1.165, 1.54) is 49.6 Å². The molecular formula is C49H43F3NiO3P2S+. The topological polar surface area (TPSA) is 57.2 Å². The molecule has 8 rings (SSSR count). The fourth-order valence-corrected chi connectivity index (χ4v) is 10.6. The number of rotatable bonds is 7. The number of alkyl halides is 3. The monoisotopic (exact) mass is 888 g/mol. The minimum atomic E-state index is -6.09. The van der Waals surface area contributed by atoms with E-state index in [2.05, 4.69) is 233 Å². The minimum absolute atomic E-state index is 0. The first-order valence-electron chi connectivity index (χ1n) is 18.5. The number of hydrogen-bond donors (Lipinski definition) is 0. The van der Waals surface area contributed by atoms with Crippen LogP contribution in [-0.2, 0) is 26.6 Å². The van der Waals surface area contributed by atoms with Gasteiger partial charge >= 0.3 is 22.0 Å². The molecule has 0 unspecified atom stereocenters. The molecule has 0 heterocycles. The van der Waals surface area contributed by atoms with Gasteiger partial charge in [-0.05, 0) is 72.3 Å². The zero-order valence-electron chi connectivity index (χ0n) is 32.3. The third kappa shape index (κ3) is 14.2. The smallest absolute Gasteiger partial charge is 0.741 e. The summed E-state index contributed by atoms with van der Waals surface area (Å²) < 4.78 is 58.9. The van der Waals surface area contributed by atoms with Crippen LogP contribution in [0, 0.1) is 36.5 Å². The number of hydrogen-bond acceptors (Lipinski definition) is 3. The largest absolute Gasteiger partial charge is 2.00 e. The van der Waals surface area contributed by atoms with Crippen LogP contribution in [0.3, 0.4) is 0 Å². The summed E-state index contributed by atoms with van der Waals surface area (Å²) in [5, 5.41) is 8.39. The Bertz CT molecular complexity index is 1940.